The molecule has 3 nitrogen and oxygen atoms in total. The van der Waals surface area contributed by atoms with Crippen LogP contribution in [0.5, 0.6) is 5.75 Å². The number of benzene rings is 1. The van der Waals surface area contributed by atoms with Crippen LogP contribution >= 0.6 is 15.9 Å². The average Bonchev–Trinajstić information content (AvgIpc) is 2.47. The maximum Gasteiger partial charge on any atom is 0.314 e. The van der Waals surface area contributed by atoms with Crippen molar-refractivity contribution in [2.75, 3.05) is 6.61 Å². The summed E-state index contributed by atoms with van der Waals surface area (Å²) < 4.78 is 6.96. The van der Waals surface area contributed by atoms with Crippen LogP contribution in [-0.2, 0) is 10.2 Å². The van der Waals surface area contributed by atoms with E-state index in [1.165, 1.54) is 19.3 Å². The van der Waals surface area contributed by atoms with Gasteiger partial charge in [0.15, 0.2) is 0 Å². The molecular formula is C18H23BrO3. The Morgan fingerprint density at radius 2 is 1.95 bits per heavy atom. The number of ether oxygens (including phenoxy) is 1. The first-order chi connectivity index (χ1) is 10.6. The van der Waals surface area contributed by atoms with Crippen molar-refractivity contribution in [1.29, 1.82) is 0 Å². The Morgan fingerprint density at radius 1 is 1.23 bits per heavy atom. The van der Waals surface area contributed by atoms with Gasteiger partial charge in [-0.3, -0.25) is 4.79 Å². The smallest absolute Gasteiger partial charge is 0.314 e. The van der Waals surface area contributed by atoms with Gasteiger partial charge in [0.25, 0.3) is 0 Å². The van der Waals surface area contributed by atoms with Gasteiger partial charge in [0.2, 0.25) is 0 Å². The van der Waals surface area contributed by atoms with Crippen LogP contribution in [-0.4, -0.2) is 17.7 Å². The quantitative estimate of drug-likeness (QED) is 0.804. The molecule has 3 rings (SSSR count). The first-order valence-corrected chi connectivity index (χ1v) is 9.07. The van der Waals surface area contributed by atoms with E-state index in [-0.39, 0.29) is 0 Å². The Balaban J connectivity index is 1.91. The van der Waals surface area contributed by atoms with Gasteiger partial charge in [-0.15, -0.1) is 0 Å². The van der Waals surface area contributed by atoms with Crippen molar-refractivity contribution in [2.24, 2.45) is 5.92 Å². The van der Waals surface area contributed by atoms with E-state index in [2.05, 4.69) is 15.9 Å². The zero-order valence-corrected chi connectivity index (χ0v) is 14.4. The summed E-state index contributed by atoms with van der Waals surface area (Å²) in [6.07, 6.45) is 8.24. The third-order valence-corrected chi connectivity index (χ3v) is 5.77. The zero-order chi connectivity index (χ0) is 15.6. The minimum absolute atomic E-state index is 0.642. The minimum Gasteiger partial charge on any atom is -0.493 e. The number of carboxylic acids is 1. The lowest BCUT2D eigenvalue weighted by atomic mass is 9.69. The van der Waals surface area contributed by atoms with Gasteiger partial charge >= 0.3 is 5.97 Å². The molecule has 22 heavy (non-hydrogen) atoms. The van der Waals surface area contributed by atoms with Crippen molar-refractivity contribution in [3.63, 3.8) is 0 Å². The highest BCUT2D eigenvalue weighted by Gasteiger charge is 2.43. The zero-order valence-electron chi connectivity index (χ0n) is 12.8. The van der Waals surface area contributed by atoms with Crippen molar-refractivity contribution >= 4 is 21.9 Å². The number of aliphatic carboxylic acids is 1. The third kappa shape index (κ3) is 3.03. The monoisotopic (exact) mass is 366 g/mol. The molecule has 2 fully saturated rings. The molecule has 0 heterocycles. The molecule has 120 valence electrons. The molecule has 0 aliphatic heterocycles. The van der Waals surface area contributed by atoms with Gasteiger partial charge in [-0.25, -0.2) is 0 Å². The minimum atomic E-state index is -0.781. The molecule has 2 saturated carbocycles. The molecular weight excluding hydrogens is 344 g/mol. The molecule has 0 radical (unpaired) electrons. The van der Waals surface area contributed by atoms with Crippen molar-refractivity contribution in [1.82, 2.24) is 0 Å². The fraction of sp³-hybridized carbons (Fsp3) is 0.611. The first-order valence-electron chi connectivity index (χ1n) is 8.28. The predicted octanol–water partition coefficient (Wildman–Crippen LogP) is 4.91. The highest BCUT2D eigenvalue weighted by molar-refractivity contribution is 9.10. The summed E-state index contributed by atoms with van der Waals surface area (Å²) in [5.41, 5.74) is 0.0742. The molecule has 2 aliphatic rings. The standard InChI is InChI=1S/C18H23BrO3/c19-14-7-8-16(22-12-13-5-4-6-13)15(11-14)18(17(20)21)9-2-1-3-10-18/h7-8,11,13H,1-6,9-10,12H2,(H,20,21). The molecule has 0 amide bonds. The lowest BCUT2D eigenvalue weighted by Gasteiger charge is -2.35. The largest absolute Gasteiger partial charge is 0.493 e. The van der Waals surface area contributed by atoms with Crippen LogP contribution in [0.4, 0.5) is 0 Å². The van der Waals surface area contributed by atoms with E-state index in [9.17, 15) is 9.90 Å². The van der Waals surface area contributed by atoms with Gasteiger partial charge in [0, 0.05) is 10.0 Å². The van der Waals surface area contributed by atoms with E-state index >= 15 is 0 Å². The molecule has 0 saturated heterocycles. The first kappa shape index (κ1) is 15.9. The van der Waals surface area contributed by atoms with E-state index in [1.54, 1.807) is 0 Å². The Bertz CT molecular complexity index is 545. The molecule has 1 aromatic carbocycles. The summed E-state index contributed by atoms with van der Waals surface area (Å²) in [5, 5.41) is 9.92. The van der Waals surface area contributed by atoms with Gasteiger partial charge in [0.1, 0.15) is 5.75 Å². The van der Waals surface area contributed by atoms with Crippen LogP contribution in [0.2, 0.25) is 0 Å². The van der Waals surface area contributed by atoms with E-state index in [0.29, 0.717) is 25.4 Å². The van der Waals surface area contributed by atoms with Crippen LogP contribution in [0.15, 0.2) is 22.7 Å². The van der Waals surface area contributed by atoms with E-state index in [1.807, 2.05) is 18.2 Å². The van der Waals surface area contributed by atoms with Crippen LogP contribution in [0.3, 0.4) is 0 Å². The van der Waals surface area contributed by atoms with Crippen molar-refractivity contribution in [3.05, 3.63) is 28.2 Å². The Hall–Kier alpha value is -1.03. The second-order valence-corrected chi connectivity index (χ2v) is 7.61. The summed E-state index contributed by atoms with van der Waals surface area (Å²) in [6.45, 7) is 0.713. The lowest BCUT2D eigenvalue weighted by molar-refractivity contribution is -0.145. The van der Waals surface area contributed by atoms with Crippen molar-refractivity contribution in [3.8, 4) is 5.75 Å². The Morgan fingerprint density at radius 3 is 2.55 bits per heavy atom. The van der Waals surface area contributed by atoms with Crippen LogP contribution < -0.4 is 4.74 Å². The molecule has 4 heteroatoms. The normalized spacial score (nSPS) is 21.1. The fourth-order valence-corrected chi connectivity index (χ4v) is 3.98. The summed E-state index contributed by atoms with van der Waals surface area (Å²) in [4.78, 5) is 12.1. The van der Waals surface area contributed by atoms with Crippen LogP contribution in [0, 0.1) is 5.92 Å². The number of carbonyl (C=O) groups is 1. The molecule has 0 aromatic heterocycles. The molecule has 1 aromatic rings. The lowest BCUT2D eigenvalue weighted by Crippen LogP contribution is -2.38. The summed E-state index contributed by atoms with van der Waals surface area (Å²) in [6, 6.07) is 5.82. The maximum absolute atomic E-state index is 12.1. The molecule has 0 atom stereocenters. The van der Waals surface area contributed by atoms with Crippen LogP contribution in [0.25, 0.3) is 0 Å². The average molecular weight is 367 g/mol. The van der Waals surface area contributed by atoms with Gasteiger partial charge in [-0.05, 0) is 49.8 Å². The second-order valence-electron chi connectivity index (χ2n) is 6.70. The molecule has 0 bridgehead atoms. The summed E-state index contributed by atoms with van der Waals surface area (Å²) in [5.74, 6) is 0.696. The van der Waals surface area contributed by atoms with E-state index < -0.39 is 11.4 Å². The number of carboxylic acid groups (broad SMARTS) is 1. The Labute approximate surface area is 140 Å². The number of rotatable bonds is 5. The highest BCUT2D eigenvalue weighted by atomic mass is 79.9. The molecule has 0 spiro atoms. The molecule has 2 aliphatic carbocycles. The van der Waals surface area contributed by atoms with Gasteiger partial charge in [-0.1, -0.05) is 41.6 Å². The SMILES string of the molecule is O=C(O)C1(c2cc(Br)ccc2OCC2CCC2)CCCCC1. The number of hydrogen-bond donors (Lipinski definition) is 1. The summed E-state index contributed by atoms with van der Waals surface area (Å²) in [7, 11) is 0. The van der Waals surface area contributed by atoms with Crippen LogP contribution in [0.1, 0.15) is 56.9 Å². The number of hydrogen-bond acceptors (Lipinski definition) is 2. The van der Waals surface area contributed by atoms with Gasteiger partial charge in [-0.2, -0.15) is 0 Å². The summed E-state index contributed by atoms with van der Waals surface area (Å²) >= 11 is 3.49. The van der Waals surface area contributed by atoms with Gasteiger partial charge in [0.05, 0.1) is 12.0 Å². The van der Waals surface area contributed by atoms with Gasteiger partial charge < -0.3 is 9.84 Å². The third-order valence-electron chi connectivity index (χ3n) is 5.27. The molecule has 1 N–H and O–H groups in total. The predicted molar refractivity (Wildman–Crippen MR) is 89.4 cm³/mol. The van der Waals surface area contributed by atoms with E-state index in [0.717, 1.165) is 35.0 Å². The highest BCUT2D eigenvalue weighted by Crippen LogP contribution is 2.45. The Kier molecular flexibility index (Phi) is 4.76. The number of halogens is 1. The van der Waals surface area contributed by atoms with Crippen molar-refractivity contribution in [2.45, 2.75) is 56.8 Å². The maximum atomic E-state index is 12.1. The van der Waals surface area contributed by atoms with E-state index in [4.69, 9.17) is 4.74 Å². The molecule has 0 unspecified atom stereocenters. The fourth-order valence-electron chi connectivity index (χ4n) is 3.62. The second kappa shape index (κ2) is 6.61. The van der Waals surface area contributed by atoms with Crippen molar-refractivity contribution < 1.29 is 14.6 Å². The topological polar surface area (TPSA) is 46.5 Å².